The monoisotopic (exact) mass is 378 g/mol. The fourth-order valence-corrected chi connectivity index (χ4v) is 3.73. The molecule has 0 spiro atoms. The number of aryl methyl sites for hydroxylation is 1. The highest BCUT2D eigenvalue weighted by Gasteiger charge is 2.34. The molecule has 146 valence electrons. The van der Waals surface area contributed by atoms with Gasteiger partial charge in [-0.3, -0.25) is 14.5 Å². The number of amides is 2. The Labute approximate surface area is 165 Å². The van der Waals surface area contributed by atoms with Crippen LogP contribution in [0.4, 0.5) is 0 Å². The van der Waals surface area contributed by atoms with E-state index in [9.17, 15) is 9.59 Å². The van der Waals surface area contributed by atoms with Gasteiger partial charge in [0, 0.05) is 30.4 Å². The third kappa shape index (κ3) is 3.28. The summed E-state index contributed by atoms with van der Waals surface area (Å²) in [7, 11) is 3.56. The first-order chi connectivity index (χ1) is 13.2. The summed E-state index contributed by atoms with van der Waals surface area (Å²) in [5.74, 6) is 0.184. The maximum absolute atomic E-state index is 13.6. The van der Waals surface area contributed by atoms with Crippen LogP contribution in [0.5, 0.6) is 5.75 Å². The fourth-order valence-electron chi connectivity index (χ4n) is 3.73. The lowest BCUT2D eigenvalue weighted by Gasteiger charge is -2.33. The van der Waals surface area contributed by atoms with Gasteiger partial charge in [0.05, 0.1) is 18.4 Å². The number of imide groups is 1. The van der Waals surface area contributed by atoms with Crippen molar-refractivity contribution in [2.75, 3.05) is 7.11 Å². The van der Waals surface area contributed by atoms with Gasteiger partial charge in [0.25, 0.3) is 5.91 Å². The average molecular weight is 378 g/mol. The quantitative estimate of drug-likeness (QED) is 0.667. The Morgan fingerprint density at radius 2 is 1.61 bits per heavy atom. The molecule has 2 amide bonds. The van der Waals surface area contributed by atoms with Crippen LogP contribution in [0.3, 0.4) is 0 Å². The Morgan fingerprint density at radius 1 is 1.00 bits per heavy atom. The van der Waals surface area contributed by atoms with Crippen molar-refractivity contribution >= 4 is 22.7 Å². The van der Waals surface area contributed by atoms with E-state index in [0.29, 0.717) is 5.56 Å². The van der Waals surface area contributed by atoms with Crippen molar-refractivity contribution in [2.45, 2.75) is 33.2 Å². The van der Waals surface area contributed by atoms with Crippen molar-refractivity contribution < 1.29 is 14.3 Å². The molecule has 28 heavy (non-hydrogen) atoms. The van der Waals surface area contributed by atoms with Crippen molar-refractivity contribution in [3.63, 3.8) is 0 Å². The highest BCUT2D eigenvalue weighted by molar-refractivity contribution is 6.16. The number of aromatic nitrogens is 1. The van der Waals surface area contributed by atoms with Gasteiger partial charge in [-0.25, -0.2) is 0 Å². The van der Waals surface area contributed by atoms with Crippen molar-refractivity contribution in [3.8, 4) is 17.0 Å². The summed E-state index contributed by atoms with van der Waals surface area (Å²) >= 11 is 0. The molecule has 0 aliphatic rings. The molecule has 2 aromatic carbocycles. The molecule has 0 bridgehead atoms. The molecule has 0 fully saturated rings. The maximum atomic E-state index is 13.6. The van der Waals surface area contributed by atoms with E-state index in [2.05, 4.69) is 0 Å². The van der Waals surface area contributed by atoms with Crippen molar-refractivity contribution in [1.82, 2.24) is 9.47 Å². The number of benzene rings is 2. The lowest BCUT2D eigenvalue weighted by molar-refractivity contribution is -0.129. The van der Waals surface area contributed by atoms with Crippen LogP contribution in [0.2, 0.25) is 0 Å². The minimum absolute atomic E-state index is 0.272. The zero-order chi connectivity index (χ0) is 20.6. The van der Waals surface area contributed by atoms with Crippen LogP contribution in [-0.4, -0.2) is 33.9 Å². The van der Waals surface area contributed by atoms with Gasteiger partial charge in [-0.2, -0.15) is 0 Å². The minimum Gasteiger partial charge on any atom is -0.497 e. The predicted molar refractivity (Wildman–Crippen MR) is 112 cm³/mol. The summed E-state index contributed by atoms with van der Waals surface area (Å²) in [4.78, 5) is 27.3. The first kappa shape index (κ1) is 19.7. The number of ether oxygens (including phenoxy) is 1. The minimum atomic E-state index is -0.628. The van der Waals surface area contributed by atoms with Crippen molar-refractivity contribution in [1.29, 1.82) is 0 Å². The third-order valence-corrected chi connectivity index (χ3v) is 4.87. The van der Waals surface area contributed by atoms with Gasteiger partial charge < -0.3 is 9.30 Å². The van der Waals surface area contributed by atoms with E-state index in [1.54, 1.807) is 7.11 Å². The van der Waals surface area contributed by atoms with Gasteiger partial charge in [-0.15, -0.1) is 0 Å². The third-order valence-electron chi connectivity index (χ3n) is 4.87. The molecule has 0 saturated heterocycles. The largest absolute Gasteiger partial charge is 0.497 e. The lowest BCUT2D eigenvalue weighted by Crippen LogP contribution is -2.48. The van der Waals surface area contributed by atoms with E-state index in [4.69, 9.17) is 4.74 Å². The van der Waals surface area contributed by atoms with E-state index in [1.165, 1.54) is 11.8 Å². The van der Waals surface area contributed by atoms with Crippen LogP contribution in [0.15, 0.2) is 48.5 Å². The van der Waals surface area contributed by atoms with Crippen LogP contribution in [0.25, 0.3) is 22.2 Å². The standard InChI is InChI=1S/C23H26N2O3/c1-15(26)25(23(2,3)4)22(27)20-18-9-7-8-10-19(18)24(5)21(20)16-11-13-17(28-6)14-12-16/h7-14H,1-6H3. The van der Waals surface area contributed by atoms with Crippen LogP contribution in [0.1, 0.15) is 38.1 Å². The second-order valence-electron chi connectivity index (χ2n) is 7.86. The molecule has 5 nitrogen and oxygen atoms in total. The Kier molecular flexibility index (Phi) is 5.02. The molecule has 0 unspecified atom stereocenters. The summed E-state index contributed by atoms with van der Waals surface area (Å²) < 4.78 is 7.26. The van der Waals surface area contributed by atoms with Crippen LogP contribution in [0, 0.1) is 0 Å². The number of rotatable bonds is 3. The number of nitrogens with zero attached hydrogens (tertiary/aromatic N) is 2. The number of fused-ring (bicyclic) bond motifs is 1. The number of carbonyl (C=O) groups is 2. The van der Waals surface area contributed by atoms with Crippen molar-refractivity contribution in [2.24, 2.45) is 7.05 Å². The molecule has 0 atom stereocenters. The molecule has 1 aromatic heterocycles. The molecule has 0 N–H and O–H groups in total. The van der Waals surface area contributed by atoms with E-state index in [1.807, 2.05) is 80.9 Å². The van der Waals surface area contributed by atoms with Crippen molar-refractivity contribution in [3.05, 3.63) is 54.1 Å². The smallest absolute Gasteiger partial charge is 0.263 e. The molecular weight excluding hydrogens is 352 g/mol. The maximum Gasteiger partial charge on any atom is 0.263 e. The molecule has 0 radical (unpaired) electrons. The number of methoxy groups -OCH3 is 1. The van der Waals surface area contributed by atoms with Crippen LogP contribution < -0.4 is 4.74 Å². The fraction of sp³-hybridized carbons (Fsp3) is 0.304. The average Bonchev–Trinajstić information content (AvgIpc) is 2.93. The van der Waals surface area contributed by atoms with Crippen LogP contribution in [-0.2, 0) is 11.8 Å². The SMILES string of the molecule is COc1ccc(-c2c(C(=O)N(C(C)=O)C(C)(C)C)c3ccccc3n2C)cc1. The van der Waals surface area contributed by atoms with Gasteiger partial charge in [0.1, 0.15) is 5.75 Å². The molecule has 3 rings (SSSR count). The Morgan fingerprint density at radius 3 is 2.14 bits per heavy atom. The van der Waals surface area contributed by atoms with Gasteiger partial charge in [0.15, 0.2) is 0 Å². The van der Waals surface area contributed by atoms with Crippen LogP contribution >= 0.6 is 0 Å². The molecule has 5 heteroatoms. The molecule has 0 aliphatic heterocycles. The number of carbonyl (C=O) groups excluding carboxylic acids is 2. The van der Waals surface area contributed by atoms with E-state index < -0.39 is 5.54 Å². The van der Waals surface area contributed by atoms with E-state index in [-0.39, 0.29) is 11.8 Å². The Hall–Kier alpha value is -3.08. The first-order valence-corrected chi connectivity index (χ1v) is 9.23. The highest BCUT2D eigenvalue weighted by Crippen LogP contribution is 2.35. The zero-order valence-electron chi connectivity index (χ0n) is 17.2. The Balaban J connectivity index is 2.31. The number of para-hydroxylation sites is 1. The molecule has 1 heterocycles. The first-order valence-electron chi connectivity index (χ1n) is 9.23. The molecule has 0 aliphatic carbocycles. The van der Waals surface area contributed by atoms with E-state index in [0.717, 1.165) is 27.9 Å². The number of hydrogen-bond donors (Lipinski definition) is 0. The summed E-state index contributed by atoms with van der Waals surface area (Å²) in [6, 6.07) is 15.4. The zero-order valence-corrected chi connectivity index (χ0v) is 17.2. The number of hydrogen-bond acceptors (Lipinski definition) is 3. The predicted octanol–water partition coefficient (Wildman–Crippen LogP) is 4.64. The van der Waals surface area contributed by atoms with Gasteiger partial charge in [-0.05, 0) is 56.7 Å². The Bertz CT molecular complexity index is 1040. The second kappa shape index (κ2) is 7.15. The van der Waals surface area contributed by atoms with E-state index >= 15 is 0 Å². The summed E-state index contributed by atoms with van der Waals surface area (Å²) in [6.07, 6.45) is 0. The summed E-state index contributed by atoms with van der Waals surface area (Å²) in [6.45, 7) is 7.03. The van der Waals surface area contributed by atoms with Gasteiger partial charge >= 0.3 is 0 Å². The van der Waals surface area contributed by atoms with Gasteiger partial charge in [0.2, 0.25) is 5.91 Å². The molecule has 0 saturated carbocycles. The topological polar surface area (TPSA) is 51.5 Å². The normalized spacial score (nSPS) is 11.5. The molecule has 3 aromatic rings. The highest BCUT2D eigenvalue weighted by atomic mass is 16.5. The lowest BCUT2D eigenvalue weighted by atomic mass is 10.00. The second-order valence-corrected chi connectivity index (χ2v) is 7.86. The molecular formula is C23H26N2O3. The summed E-state index contributed by atoms with van der Waals surface area (Å²) in [5, 5.41) is 0.830. The summed E-state index contributed by atoms with van der Waals surface area (Å²) in [5.41, 5.74) is 2.52. The van der Waals surface area contributed by atoms with Gasteiger partial charge in [-0.1, -0.05) is 18.2 Å².